The summed E-state index contributed by atoms with van der Waals surface area (Å²) in [7, 11) is 0. The van der Waals surface area contributed by atoms with Gasteiger partial charge in [0, 0.05) is 0 Å². The van der Waals surface area contributed by atoms with Crippen molar-refractivity contribution in [1.82, 2.24) is 0 Å². The second kappa shape index (κ2) is 5.12. The summed E-state index contributed by atoms with van der Waals surface area (Å²) in [6, 6.07) is 14.3. The summed E-state index contributed by atoms with van der Waals surface area (Å²) in [4.78, 5) is 0. The second-order valence-electron chi connectivity index (χ2n) is 4.41. The molecule has 0 nitrogen and oxygen atoms in total. The lowest BCUT2D eigenvalue weighted by atomic mass is 9.99. The Kier molecular flexibility index (Phi) is 3.76. The number of rotatable bonds is 2. The normalized spacial score (nSPS) is 10.9. The van der Waals surface area contributed by atoms with Crippen LogP contribution in [0.3, 0.4) is 0 Å². The van der Waals surface area contributed by atoms with Gasteiger partial charge in [-0.05, 0) is 34.7 Å². The smallest absolute Gasteiger partial charge is 0.0598 e. The molecule has 0 fully saturated rings. The lowest BCUT2D eigenvalue weighted by molar-refractivity contribution is 0.867. The molecule has 0 aliphatic carbocycles. The van der Waals surface area contributed by atoms with E-state index in [1.54, 1.807) is 0 Å². The van der Waals surface area contributed by atoms with E-state index in [2.05, 4.69) is 38.1 Å². The van der Waals surface area contributed by atoms with Crippen LogP contribution < -0.4 is 0 Å². The molecular weight excluding hydrogens is 251 g/mol. The summed E-state index contributed by atoms with van der Waals surface area (Å²) < 4.78 is 0. The average molecular weight is 265 g/mol. The van der Waals surface area contributed by atoms with E-state index in [0.29, 0.717) is 16.0 Å². The first-order valence-electron chi connectivity index (χ1n) is 5.63. The Balaban J connectivity index is 2.36. The first-order valence-corrected chi connectivity index (χ1v) is 6.39. The Labute approximate surface area is 112 Å². The quantitative estimate of drug-likeness (QED) is 0.645. The van der Waals surface area contributed by atoms with Crippen molar-refractivity contribution < 1.29 is 0 Å². The van der Waals surface area contributed by atoms with Crippen molar-refractivity contribution in [2.24, 2.45) is 0 Å². The predicted molar refractivity (Wildman–Crippen MR) is 76.0 cm³/mol. The average Bonchev–Trinajstić information content (AvgIpc) is 2.33. The van der Waals surface area contributed by atoms with Crippen LogP contribution in [-0.2, 0) is 0 Å². The molecule has 0 spiro atoms. The molecular formula is C15H14Cl2. The molecule has 0 bridgehead atoms. The molecule has 2 aromatic carbocycles. The van der Waals surface area contributed by atoms with E-state index in [1.807, 2.05) is 18.2 Å². The van der Waals surface area contributed by atoms with Gasteiger partial charge in [0.1, 0.15) is 0 Å². The highest BCUT2D eigenvalue weighted by Crippen LogP contribution is 2.29. The topological polar surface area (TPSA) is 0 Å². The lowest BCUT2D eigenvalue weighted by Gasteiger charge is -2.07. The summed E-state index contributed by atoms with van der Waals surface area (Å²) in [5, 5.41) is 1.19. The molecule has 0 aliphatic heterocycles. The molecule has 0 N–H and O–H groups in total. The van der Waals surface area contributed by atoms with Crippen LogP contribution in [0.2, 0.25) is 10.0 Å². The van der Waals surface area contributed by atoms with Gasteiger partial charge >= 0.3 is 0 Å². The van der Waals surface area contributed by atoms with Gasteiger partial charge in [-0.25, -0.2) is 0 Å². The maximum absolute atomic E-state index is 6.01. The Morgan fingerprint density at radius 2 is 1.35 bits per heavy atom. The predicted octanol–water partition coefficient (Wildman–Crippen LogP) is 5.78. The number of hydrogen-bond acceptors (Lipinski definition) is 0. The standard InChI is InChI=1S/C15H14Cl2/c1-10(2)11-3-5-12(6-4-11)13-7-8-14(16)15(17)9-13/h3-10H,1-2H3. The maximum atomic E-state index is 6.01. The van der Waals surface area contributed by atoms with Crippen LogP contribution in [0.5, 0.6) is 0 Å². The van der Waals surface area contributed by atoms with E-state index in [1.165, 1.54) is 5.56 Å². The van der Waals surface area contributed by atoms with Gasteiger partial charge in [-0.1, -0.05) is 67.4 Å². The highest BCUT2D eigenvalue weighted by atomic mass is 35.5. The Morgan fingerprint density at radius 1 is 0.765 bits per heavy atom. The molecule has 0 aliphatic rings. The molecule has 0 aromatic heterocycles. The zero-order chi connectivity index (χ0) is 12.4. The van der Waals surface area contributed by atoms with E-state index >= 15 is 0 Å². The maximum Gasteiger partial charge on any atom is 0.0598 e. The minimum Gasteiger partial charge on any atom is -0.0827 e. The minimum absolute atomic E-state index is 0.554. The van der Waals surface area contributed by atoms with E-state index < -0.39 is 0 Å². The SMILES string of the molecule is CC(C)c1ccc(-c2ccc(Cl)c(Cl)c2)cc1. The highest BCUT2D eigenvalue weighted by Gasteiger charge is 2.03. The zero-order valence-electron chi connectivity index (χ0n) is 9.87. The van der Waals surface area contributed by atoms with E-state index in [0.717, 1.165) is 11.1 Å². The van der Waals surface area contributed by atoms with Crippen molar-refractivity contribution in [3.05, 3.63) is 58.1 Å². The van der Waals surface area contributed by atoms with Gasteiger partial charge in [-0.15, -0.1) is 0 Å². The van der Waals surface area contributed by atoms with Crippen molar-refractivity contribution in [3.8, 4) is 11.1 Å². The highest BCUT2D eigenvalue weighted by molar-refractivity contribution is 6.42. The second-order valence-corrected chi connectivity index (χ2v) is 5.22. The lowest BCUT2D eigenvalue weighted by Crippen LogP contribution is -1.86. The van der Waals surface area contributed by atoms with Crippen molar-refractivity contribution in [2.45, 2.75) is 19.8 Å². The first kappa shape index (κ1) is 12.5. The van der Waals surface area contributed by atoms with Crippen LogP contribution in [0.1, 0.15) is 25.3 Å². The minimum atomic E-state index is 0.554. The van der Waals surface area contributed by atoms with Crippen molar-refractivity contribution in [2.75, 3.05) is 0 Å². The van der Waals surface area contributed by atoms with Gasteiger partial charge in [0.2, 0.25) is 0 Å². The van der Waals surface area contributed by atoms with Gasteiger partial charge in [-0.3, -0.25) is 0 Å². The fourth-order valence-electron chi connectivity index (χ4n) is 1.74. The van der Waals surface area contributed by atoms with Crippen molar-refractivity contribution in [1.29, 1.82) is 0 Å². The van der Waals surface area contributed by atoms with Gasteiger partial charge < -0.3 is 0 Å². The van der Waals surface area contributed by atoms with Gasteiger partial charge in [0.15, 0.2) is 0 Å². The largest absolute Gasteiger partial charge is 0.0827 e. The molecule has 0 unspecified atom stereocenters. The molecule has 0 radical (unpaired) electrons. The van der Waals surface area contributed by atoms with Crippen LogP contribution in [0.15, 0.2) is 42.5 Å². The molecule has 0 saturated heterocycles. The van der Waals surface area contributed by atoms with Crippen LogP contribution in [0.25, 0.3) is 11.1 Å². The molecule has 2 aromatic rings. The molecule has 0 saturated carbocycles. The molecule has 2 rings (SSSR count). The third kappa shape index (κ3) is 2.83. The molecule has 0 atom stereocenters. The fraction of sp³-hybridized carbons (Fsp3) is 0.200. The first-order chi connectivity index (χ1) is 8.08. The van der Waals surface area contributed by atoms with Gasteiger partial charge in [0.05, 0.1) is 10.0 Å². The zero-order valence-corrected chi connectivity index (χ0v) is 11.4. The number of hydrogen-bond donors (Lipinski definition) is 0. The third-order valence-corrected chi connectivity index (χ3v) is 3.57. The Bertz CT molecular complexity index is 513. The third-order valence-electron chi connectivity index (χ3n) is 2.83. The van der Waals surface area contributed by atoms with Crippen molar-refractivity contribution in [3.63, 3.8) is 0 Å². The summed E-state index contributed by atoms with van der Waals surface area (Å²) in [5.41, 5.74) is 3.59. The van der Waals surface area contributed by atoms with E-state index in [-0.39, 0.29) is 0 Å². The Hall–Kier alpha value is -0.980. The van der Waals surface area contributed by atoms with Gasteiger partial charge in [0.25, 0.3) is 0 Å². The fourth-order valence-corrected chi connectivity index (χ4v) is 2.03. The van der Waals surface area contributed by atoms with Crippen LogP contribution >= 0.6 is 23.2 Å². The van der Waals surface area contributed by atoms with Crippen LogP contribution in [0, 0.1) is 0 Å². The molecule has 17 heavy (non-hydrogen) atoms. The summed E-state index contributed by atoms with van der Waals surface area (Å²) in [6.45, 7) is 4.38. The van der Waals surface area contributed by atoms with E-state index in [4.69, 9.17) is 23.2 Å². The Morgan fingerprint density at radius 3 is 1.88 bits per heavy atom. The summed E-state index contributed by atoms with van der Waals surface area (Å²) in [5.74, 6) is 0.554. The summed E-state index contributed by atoms with van der Waals surface area (Å²) >= 11 is 11.9. The van der Waals surface area contributed by atoms with E-state index in [9.17, 15) is 0 Å². The number of benzene rings is 2. The summed E-state index contributed by atoms with van der Waals surface area (Å²) in [6.07, 6.45) is 0. The van der Waals surface area contributed by atoms with Crippen LogP contribution in [-0.4, -0.2) is 0 Å². The molecule has 88 valence electrons. The molecule has 0 heterocycles. The number of halogens is 2. The van der Waals surface area contributed by atoms with Crippen LogP contribution in [0.4, 0.5) is 0 Å². The molecule has 2 heteroatoms. The molecule has 0 amide bonds. The van der Waals surface area contributed by atoms with Crippen molar-refractivity contribution >= 4 is 23.2 Å². The monoisotopic (exact) mass is 264 g/mol. The van der Waals surface area contributed by atoms with Gasteiger partial charge in [-0.2, -0.15) is 0 Å².